The minimum Gasteiger partial charge on any atom is -0.497 e. The van der Waals surface area contributed by atoms with Gasteiger partial charge in [0.05, 0.1) is 18.7 Å². The van der Waals surface area contributed by atoms with Crippen molar-refractivity contribution in [2.45, 2.75) is 13.0 Å². The van der Waals surface area contributed by atoms with E-state index >= 15 is 0 Å². The standard InChI is InChI=1S/C17H15NO3/c1-12(21-16-5-3-4-13(10-16)11-18)17(19)14-6-8-15(20-2)9-7-14/h3-10,12H,1-2H3. The maximum Gasteiger partial charge on any atom is 0.202 e. The van der Waals surface area contributed by atoms with Crippen LogP contribution in [0.3, 0.4) is 0 Å². The van der Waals surface area contributed by atoms with Crippen molar-refractivity contribution >= 4 is 5.78 Å². The van der Waals surface area contributed by atoms with Gasteiger partial charge in [-0.15, -0.1) is 0 Å². The van der Waals surface area contributed by atoms with Crippen LogP contribution < -0.4 is 9.47 Å². The molecule has 4 heteroatoms. The number of carbonyl (C=O) groups excluding carboxylic acids is 1. The molecule has 21 heavy (non-hydrogen) atoms. The second kappa shape index (κ2) is 6.58. The highest BCUT2D eigenvalue weighted by Gasteiger charge is 2.17. The van der Waals surface area contributed by atoms with E-state index in [2.05, 4.69) is 0 Å². The topological polar surface area (TPSA) is 59.3 Å². The normalized spacial score (nSPS) is 11.3. The van der Waals surface area contributed by atoms with Crippen molar-refractivity contribution in [3.63, 3.8) is 0 Å². The summed E-state index contributed by atoms with van der Waals surface area (Å²) in [5, 5.41) is 8.85. The number of benzene rings is 2. The number of ketones is 1. The predicted octanol–water partition coefficient (Wildman–Crippen LogP) is 3.22. The number of hydrogen-bond acceptors (Lipinski definition) is 4. The summed E-state index contributed by atoms with van der Waals surface area (Å²) in [6, 6.07) is 15.6. The number of ether oxygens (including phenoxy) is 2. The van der Waals surface area contributed by atoms with Crippen LogP contribution in [0.25, 0.3) is 0 Å². The molecule has 106 valence electrons. The van der Waals surface area contributed by atoms with E-state index in [-0.39, 0.29) is 5.78 Å². The average Bonchev–Trinajstić information content (AvgIpc) is 2.54. The molecule has 4 nitrogen and oxygen atoms in total. The Morgan fingerprint density at radius 2 is 1.86 bits per heavy atom. The lowest BCUT2D eigenvalue weighted by Crippen LogP contribution is -2.23. The first-order chi connectivity index (χ1) is 10.1. The van der Waals surface area contributed by atoms with Gasteiger partial charge in [-0.1, -0.05) is 6.07 Å². The lowest BCUT2D eigenvalue weighted by Gasteiger charge is -2.14. The zero-order chi connectivity index (χ0) is 15.2. The quantitative estimate of drug-likeness (QED) is 0.789. The van der Waals surface area contributed by atoms with Gasteiger partial charge in [-0.25, -0.2) is 0 Å². The van der Waals surface area contributed by atoms with Crippen LogP contribution in [-0.4, -0.2) is 19.0 Å². The molecule has 0 bridgehead atoms. The largest absolute Gasteiger partial charge is 0.497 e. The molecule has 1 atom stereocenters. The van der Waals surface area contributed by atoms with Gasteiger partial charge in [0.2, 0.25) is 5.78 Å². The Morgan fingerprint density at radius 1 is 1.14 bits per heavy atom. The molecule has 0 aliphatic rings. The zero-order valence-corrected chi connectivity index (χ0v) is 11.9. The van der Waals surface area contributed by atoms with Crippen LogP contribution in [0.15, 0.2) is 48.5 Å². The van der Waals surface area contributed by atoms with Crippen LogP contribution >= 0.6 is 0 Å². The Labute approximate surface area is 123 Å². The van der Waals surface area contributed by atoms with Gasteiger partial charge >= 0.3 is 0 Å². The molecule has 0 aromatic heterocycles. The molecule has 2 aromatic carbocycles. The number of rotatable bonds is 5. The third kappa shape index (κ3) is 3.61. The second-order valence-corrected chi connectivity index (χ2v) is 4.49. The van der Waals surface area contributed by atoms with Crippen LogP contribution in [0.1, 0.15) is 22.8 Å². The van der Waals surface area contributed by atoms with Crippen molar-refractivity contribution in [2.75, 3.05) is 7.11 Å². The molecule has 0 amide bonds. The molecule has 0 spiro atoms. The van der Waals surface area contributed by atoms with E-state index in [0.717, 1.165) is 0 Å². The maximum absolute atomic E-state index is 12.3. The zero-order valence-electron chi connectivity index (χ0n) is 11.9. The number of methoxy groups -OCH3 is 1. The molecule has 0 aliphatic carbocycles. The van der Waals surface area contributed by atoms with Crippen molar-refractivity contribution in [1.29, 1.82) is 5.26 Å². The Morgan fingerprint density at radius 3 is 2.48 bits per heavy atom. The van der Waals surface area contributed by atoms with E-state index in [0.29, 0.717) is 22.6 Å². The summed E-state index contributed by atoms with van der Waals surface area (Å²) in [6.07, 6.45) is -0.632. The van der Waals surface area contributed by atoms with Crippen LogP contribution in [0.5, 0.6) is 11.5 Å². The average molecular weight is 281 g/mol. The molecule has 0 saturated heterocycles. The molecule has 0 N–H and O–H groups in total. The van der Waals surface area contributed by atoms with E-state index in [9.17, 15) is 4.79 Å². The van der Waals surface area contributed by atoms with E-state index < -0.39 is 6.10 Å². The van der Waals surface area contributed by atoms with Crippen molar-refractivity contribution in [3.05, 3.63) is 59.7 Å². The Kier molecular flexibility index (Phi) is 4.57. The molecular weight excluding hydrogens is 266 g/mol. The molecule has 2 rings (SSSR count). The first-order valence-electron chi connectivity index (χ1n) is 6.49. The first-order valence-corrected chi connectivity index (χ1v) is 6.49. The van der Waals surface area contributed by atoms with Gasteiger partial charge in [0.1, 0.15) is 11.5 Å². The summed E-state index contributed by atoms with van der Waals surface area (Å²) in [6.45, 7) is 1.69. The summed E-state index contributed by atoms with van der Waals surface area (Å²) in [5.41, 5.74) is 1.05. The van der Waals surface area contributed by atoms with E-state index in [1.807, 2.05) is 6.07 Å². The van der Waals surface area contributed by atoms with Gasteiger partial charge in [0.25, 0.3) is 0 Å². The highest BCUT2D eigenvalue weighted by Crippen LogP contribution is 2.17. The summed E-state index contributed by atoms with van der Waals surface area (Å²) < 4.78 is 10.7. The van der Waals surface area contributed by atoms with Crippen LogP contribution in [0, 0.1) is 11.3 Å². The van der Waals surface area contributed by atoms with Gasteiger partial charge < -0.3 is 9.47 Å². The summed E-state index contributed by atoms with van der Waals surface area (Å²) in [5.74, 6) is 1.07. The van der Waals surface area contributed by atoms with Gasteiger partial charge in [0.15, 0.2) is 6.10 Å². The minimum atomic E-state index is -0.632. The molecule has 0 fully saturated rings. The summed E-state index contributed by atoms with van der Waals surface area (Å²) in [4.78, 5) is 12.3. The minimum absolute atomic E-state index is 0.125. The summed E-state index contributed by atoms with van der Waals surface area (Å²) in [7, 11) is 1.57. The lowest BCUT2D eigenvalue weighted by molar-refractivity contribution is 0.0818. The Hall–Kier alpha value is -2.80. The predicted molar refractivity (Wildman–Crippen MR) is 78.6 cm³/mol. The van der Waals surface area contributed by atoms with E-state index in [4.69, 9.17) is 14.7 Å². The smallest absolute Gasteiger partial charge is 0.202 e. The molecule has 0 aliphatic heterocycles. The fourth-order valence-electron chi connectivity index (χ4n) is 1.89. The summed E-state index contributed by atoms with van der Waals surface area (Å²) >= 11 is 0. The third-order valence-corrected chi connectivity index (χ3v) is 3.02. The molecule has 0 radical (unpaired) electrons. The van der Waals surface area contributed by atoms with Gasteiger partial charge in [-0.2, -0.15) is 5.26 Å². The molecule has 1 unspecified atom stereocenters. The second-order valence-electron chi connectivity index (χ2n) is 4.49. The first kappa shape index (κ1) is 14.6. The fraction of sp³-hybridized carbons (Fsp3) is 0.176. The maximum atomic E-state index is 12.3. The number of carbonyl (C=O) groups is 1. The lowest BCUT2D eigenvalue weighted by atomic mass is 10.1. The van der Waals surface area contributed by atoms with Gasteiger partial charge in [-0.05, 0) is 49.4 Å². The highest BCUT2D eigenvalue weighted by molar-refractivity contribution is 5.99. The Balaban J connectivity index is 2.09. The van der Waals surface area contributed by atoms with Crippen LogP contribution in [-0.2, 0) is 0 Å². The van der Waals surface area contributed by atoms with Gasteiger partial charge in [0, 0.05) is 5.56 Å². The van der Waals surface area contributed by atoms with Crippen molar-refractivity contribution in [3.8, 4) is 17.6 Å². The van der Waals surface area contributed by atoms with Crippen molar-refractivity contribution in [1.82, 2.24) is 0 Å². The number of hydrogen-bond donors (Lipinski definition) is 0. The van der Waals surface area contributed by atoms with Crippen LogP contribution in [0.4, 0.5) is 0 Å². The van der Waals surface area contributed by atoms with Crippen molar-refractivity contribution in [2.24, 2.45) is 0 Å². The number of Topliss-reactive ketones (excluding diaryl/α,β-unsaturated/α-hetero) is 1. The molecule has 0 heterocycles. The molecule has 2 aromatic rings. The number of nitrogens with zero attached hydrogens (tertiary/aromatic N) is 1. The Bertz CT molecular complexity index is 671. The van der Waals surface area contributed by atoms with E-state index in [1.54, 1.807) is 62.6 Å². The van der Waals surface area contributed by atoms with E-state index in [1.165, 1.54) is 0 Å². The number of nitriles is 1. The molecular formula is C17H15NO3. The third-order valence-electron chi connectivity index (χ3n) is 3.02. The molecule has 0 saturated carbocycles. The SMILES string of the molecule is COc1ccc(C(=O)C(C)Oc2cccc(C#N)c2)cc1. The van der Waals surface area contributed by atoms with Crippen molar-refractivity contribution < 1.29 is 14.3 Å². The fourth-order valence-corrected chi connectivity index (χ4v) is 1.89. The highest BCUT2D eigenvalue weighted by atomic mass is 16.5. The monoisotopic (exact) mass is 281 g/mol. The van der Waals surface area contributed by atoms with Crippen LogP contribution in [0.2, 0.25) is 0 Å². The van der Waals surface area contributed by atoms with Gasteiger partial charge in [-0.3, -0.25) is 4.79 Å².